The van der Waals surface area contributed by atoms with Gasteiger partial charge in [0, 0.05) is 6.42 Å². The average molecular weight is 404 g/mol. The summed E-state index contributed by atoms with van der Waals surface area (Å²) in [6, 6.07) is 0. The lowest BCUT2D eigenvalue weighted by atomic mass is 9.85. The summed E-state index contributed by atoms with van der Waals surface area (Å²) in [6.45, 7) is 3.56. The van der Waals surface area contributed by atoms with Crippen molar-refractivity contribution in [3.8, 4) is 0 Å². The standard InChI is InChI=1S/C12H13F13/c1-6(2,3)4-5-7(13,14)8(15,16)9(17,18)10(19,20)11(21,22)12(23,24)25/h4-5H2,1-3H3. The molecule has 0 aromatic carbocycles. The van der Waals surface area contributed by atoms with Crippen molar-refractivity contribution in [3.63, 3.8) is 0 Å². The molecule has 0 unspecified atom stereocenters. The number of hydrogen-bond acceptors (Lipinski definition) is 0. The Labute approximate surface area is 133 Å². The lowest BCUT2D eigenvalue weighted by Gasteiger charge is -2.40. The van der Waals surface area contributed by atoms with Gasteiger partial charge in [0.15, 0.2) is 0 Å². The molecule has 0 aliphatic heterocycles. The van der Waals surface area contributed by atoms with E-state index in [-0.39, 0.29) is 0 Å². The molecule has 0 N–H and O–H groups in total. The van der Waals surface area contributed by atoms with Gasteiger partial charge in [-0.1, -0.05) is 20.8 Å². The van der Waals surface area contributed by atoms with Gasteiger partial charge in [0.25, 0.3) is 0 Å². The van der Waals surface area contributed by atoms with Gasteiger partial charge < -0.3 is 0 Å². The van der Waals surface area contributed by atoms with Crippen molar-refractivity contribution < 1.29 is 57.1 Å². The first-order valence-electron chi connectivity index (χ1n) is 6.41. The van der Waals surface area contributed by atoms with Gasteiger partial charge in [0.2, 0.25) is 0 Å². The van der Waals surface area contributed by atoms with E-state index in [9.17, 15) is 57.1 Å². The van der Waals surface area contributed by atoms with Crippen LogP contribution in [0.5, 0.6) is 0 Å². The third kappa shape index (κ3) is 3.93. The van der Waals surface area contributed by atoms with Crippen molar-refractivity contribution >= 4 is 0 Å². The van der Waals surface area contributed by atoms with E-state index in [1.54, 1.807) is 0 Å². The van der Waals surface area contributed by atoms with Gasteiger partial charge in [-0.15, -0.1) is 0 Å². The van der Waals surface area contributed by atoms with E-state index in [4.69, 9.17) is 0 Å². The van der Waals surface area contributed by atoms with Crippen LogP contribution in [0.4, 0.5) is 57.1 Å². The Morgan fingerprint density at radius 1 is 0.440 bits per heavy atom. The highest BCUT2D eigenvalue weighted by atomic mass is 19.4. The van der Waals surface area contributed by atoms with E-state index < -0.39 is 54.0 Å². The molecular formula is C12H13F13. The quantitative estimate of drug-likeness (QED) is 0.441. The molecule has 0 aromatic heterocycles. The smallest absolute Gasteiger partial charge is 0.200 e. The maximum Gasteiger partial charge on any atom is 0.460 e. The van der Waals surface area contributed by atoms with Crippen LogP contribution in [0.15, 0.2) is 0 Å². The van der Waals surface area contributed by atoms with Gasteiger partial charge in [-0.2, -0.15) is 57.1 Å². The molecule has 152 valence electrons. The fraction of sp³-hybridized carbons (Fsp3) is 1.00. The lowest BCUT2D eigenvalue weighted by molar-refractivity contribution is -0.440. The van der Waals surface area contributed by atoms with E-state index in [1.165, 1.54) is 20.8 Å². The SMILES string of the molecule is CC(C)(C)CCC(F)(F)C(F)(F)C(F)(F)C(F)(F)C(F)(F)C(F)(F)F. The Morgan fingerprint density at radius 3 is 1.04 bits per heavy atom. The van der Waals surface area contributed by atoms with Crippen LogP contribution in [-0.2, 0) is 0 Å². The Hall–Kier alpha value is -0.910. The van der Waals surface area contributed by atoms with Crippen LogP contribution < -0.4 is 0 Å². The Bertz CT molecular complexity index is 466. The summed E-state index contributed by atoms with van der Waals surface area (Å²) in [5, 5.41) is 0. The van der Waals surface area contributed by atoms with Gasteiger partial charge >= 0.3 is 35.8 Å². The van der Waals surface area contributed by atoms with Gasteiger partial charge in [0.05, 0.1) is 0 Å². The molecule has 0 bridgehead atoms. The van der Waals surface area contributed by atoms with Gasteiger partial charge in [-0.3, -0.25) is 0 Å². The lowest BCUT2D eigenvalue weighted by Crippen LogP contribution is -2.70. The van der Waals surface area contributed by atoms with Crippen LogP contribution >= 0.6 is 0 Å². The Balaban J connectivity index is 6.03. The molecule has 0 radical (unpaired) electrons. The molecule has 0 saturated carbocycles. The topological polar surface area (TPSA) is 0 Å². The summed E-state index contributed by atoms with van der Waals surface area (Å²) in [7, 11) is 0. The summed E-state index contributed by atoms with van der Waals surface area (Å²) >= 11 is 0. The van der Waals surface area contributed by atoms with Gasteiger partial charge in [-0.05, 0) is 11.8 Å². The molecule has 0 atom stereocenters. The minimum Gasteiger partial charge on any atom is -0.200 e. The molecule has 0 amide bonds. The fourth-order valence-electron chi connectivity index (χ4n) is 1.49. The molecule has 0 aliphatic rings. The van der Waals surface area contributed by atoms with Gasteiger partial charge in [-0.25, -0.2) is 0 Å². The van der Waals surface area contributed by atoms with Crippen LogP contribution in [0, 0.1) is 5.41 Å². The zero-order valence-electron chi connectivity index (χ0n) is 12.8. The van der Waals surface area contributed by atoms with Crippen LogP contribution in [0.2, 0.25) is 0 Å². The summed E-state index contributed by atoms with van der Waals surface area (Å²) in [5.74, 6) is -36.3. The highest BCUT2D eigenvalue weighted by Gasteiger charge is 2.90. The molecular weight excluding hydrogens is 391 g/mol. The third-order valence-corrected chi connectivity index (χ3v) is 3.19. The predicted octanol–water partition coefficient (Wildman–Crippen LogP) is 6.55. The summed E-state index contributed by atoms with van der Waals surface area (Å²) < 4.78 is 166. The zero-order chi connectivity index (χ0) is 20.9. The van der Waals surface area contributed by atoms with Crippen molar-refractivity contribution in [1.29, 1.82) is 0 Å². The summed E-state index contributed by atoms with van der Waals surface area (Å²) in [6.07, 6.45) is -10.5. The van der Waals surface area contributed by atoms with E-state index in [1.807, 2.05) is 0 Å². The molecule has 0 spiro atoms. The first kappa shape index (κ1) is 24.1. The molecule has 0 rings (SSSR count). The normalized spacial score (nSPS) is 16.3. The monoisotopic (exact) mass is 404 g/mol. The summed E-state index contributed by atoms with van der Waals surface area (Å²) in [5.41, 5.74) is -1.17. The number of hydrogen-bond donors (Lipinski definition) is 0. The molecule has 13 heteroatoms. The Kier molecular flexibility index (Phi) is 5.85. The van der Waals surface area contributed by atoms with Crippen LogP contribution in [0.25, 0.3) is 0 Å². The minimum absolute atomic E-state index is 0.938. The molecule has 25 heavy (non-hydrogen) atoms. The molecule has 0 heterocycles. The zero-order valence-corrected chi connectivity index (χ0v) is 12.8. The highest BCUT2D eigenvalue weighted by molar-refractivity contribution is 5.10. The second-order valence-corrected chi connectivity index (χ2v) is 6.56. The van der Waals surface area contributed by atoms with Crippen molar-refractivity contribution in [2.75, 3.05) is 0 Å². The maximum atomic E-state index is 13.4. The van der Waals surface area contributed by atoms with Crippen LogP contribution in [-0.4, -0.2) is 35.8 Å². The van der Waals surface area contributed by atoms with Crippen molar-refractivity contribution in [2.45, 2.75) is 69.4 Å². The summed E-state index contributed by atoms with van der Waals surface area (Å²) in [4.78, 5) is 0. The van der Waals surface area contributed by atoms with E-state index in [0.29, 0.717) is 0 Å². The van der Waals surface area contributed by atoms with Crippen LogP contribution in [0.1, 0.15) is 33.6 Å². The number of rotatable bonds is 6. The Morgan fingerprint density at radius 2 is 0.760 bits per heavy atom. The van der Waals surface area contributed by atoms with Gasteiger partial charge in [0.1, 0.15) is 0 Å². The van der Waals surface area contributed by atoms with E-state index in [2.05, 4.69) is 0 Å². The maximum absolute atomic E-state index is 13.4. The third-order valence-electron chi connectivity index (χ3n) is 3.19. The first-order valence-corrected chi connectivity index (χ1v) is 6.41. The van der Waals surface area contributed by atoms with E-state index in [0.717, 1.165) is 0 Å². The molecule has 0 saturated heterocycles. The minimum atomic E-state index is -7.83. The second-order valence-electron chi connectivity index (χ2n) is 6.56. The largest absolute Gasteiger partial charge is 0.460 e. The second kappa shape index (κ2) is 6.07. The van der Waals surface area contributed by atoms with Crippen LogP contribution in [0.3, 0.4) is 0 Å². The molecule has 0 aliphatic carbocycles. The van der Waals surface area contributed by atoms with E-state index >= 15 is 0 Å². The fourth-order valence-corrected chi connectivity index (χ4v) is 1.49. The highest BCUT2D eigenvalue weighted by Crippen LogP contribution is 2.60. The number of alkyl halides is 13. The predicted molar refractivity (Wildman–Crippen MR) is 59.5 cm³/mol. The molecule has 0 fully saturated rings. The van der Waals surface area contributed by atoms with Crippen molar-refractivity contribution in [3.05, 3.63) is 0 Å². The molecule has 0 nitrogen and oxygen atoms in total. The number of halogens is 13. The molecule has 0 aromatic rings. The van der Waals surface area contributed by atoms with Crippen molar-refractivity contribution in [1.82, 2.24) is 0 Å². The first-order chi connectivity index (χ1) is 10.5. The van der Waals surface area contributed by atoms with Crippen molar-refractivity contribution in [2.24, 2.45) is 5.41 Å². The average Bonchev–Trinajstić information content (AvgIpc) is 2.33.